The van der Waals surface area contributed by atoms with Crippen LogP contribution in [0, 0.1) is 17.1 Å². The third kappa shape index (κ3) is 4.70. The predicted octanol–water partition coefficient (Wildman–Crippen LogP) is 1.32. The minimum absolute atomic E-state index is 0.197. The molecule has 2 fully saturated rings. The van der Waals surface area contributed by atoms with Gasteiger partial charge in [-0.05, 0) is 18.2 Å². The van der Waals surface area contributed by atoms with Crippen molar-refractivity contribution in [3.63, 3.8) is 0 Å². The molecular formula is C19H24FN5O3. The Bertz CT molecular complexity index is 773. The number of hydrogen-bond donors (Lipinski definition) is 1. The largest absolute Gasteiger partial charge is 0.442 e. The highest BCUT2D eigenvalue weighted by Crippen LogP contribution is 2.28. The molecule has 0 radical (unpaired) electrons. The van der Waals surface area contributed by atoms with E-state index in [0.29, 0.717) is 30.9 Å². The van der Waals surface area contributed by atoms with Gasteiger partial charge >= 0.3 is 6.09 Å². The van der Waals surface area contributed by atoms with Gasteiger partial charge in [0.05, 0.1) is 30.5 Å². The zero-order chi connectivity index (χ0) is 20.1. The lowest BCUT2D eigenvalue weighted by Gasteiger charge is -2.36. The van der Waals surface area contributed by atoms with Gasteiger partial charge in [0.25, 0.3) is 0 Å². The standard InChI is InChI=1S/C19H24FN5O3/c1-14(26)22-12-16-13-25(19(27)28-16)15-3-4-18(17(20)11-15)24-9-7-23(8-10-24)6-2-5-21/h3-4,11,16H,2,6-10,12-13H2,1H3,(H,22,26). The molecule has 9 heteroatoms. The van der Waals surface area contributed by atoms with E-state index in [9.17, 15) is 14.0 Å². The second-order valence-electron chi connectivity index (χ2n) is 6.93. The number of ether oxygens (including phenoxy) is 1. The molecule has 1 aromatic rings. The van der Waals surface area contributed by atoms with Crippen molar-refractivity contribution in [1.29, 1.82) is 5.26 Å². The Kier molecular flexibility index (Phi) is 6.31. The molecule has 2 saturated heterocycles. The normalized spacial score (nSPS) is 20.0. The lowest BCUT2D eigenvalue weighted by Crippen LogP contribution is -2.46. The number of carbonyl (C=O) groups excluding carboxylic acids is 2. The fourth-order valence-electron chi connectivity index (χ4n) is 3.44. The topological polar surface area (TPSA) is 88.9 Å². The Labute approximate surface area is 163 Å². The lowest BCUT2D eigenvalue weighted by atomic mass is 10.2. The zero-order valence-electron chi connectivity index (χ0n) is 15.9. The molecular weight excluding hydrogens is 365 g/mol. The highest BCUT2D eigenvalue weighted by Gasteiger charge is 2.33. The summed E-state index contributed by atoms with van der Waals surface area (Å²) >= 11 is 0. The molecule has 2 heterocycles. The average molecular weight is 389 g/mol. The van der Waals surface area contributed by atoms with Gasteiger partial charge in [0, 0.05) is 46.1 Å². The summed E-state index contributed by atoms with van der Waals surface area (Å²) in [5.74, 6) is -0.585. The molecule has 1 aromatic carbocycles. The first-order valence-electron chi connectivity index (χ1n) is 9.34. The zero-order valence-corrected chi connectivity index (χ0v) is 15.9. The summed E-state index contributed by atoms with van der Waals surface area (Å²) < 4.78 is 20.0. The Balaban J connectivity index is 1.61. The number of amides is 2. The second-order valence-corrected chi connectivity index (χ2v) is 6.93. The first-order chi connectivity index (χ1) is 13.5. The summed E-state index contributed by atoms with van der Waals surface area (Å²) in [5, 5.41) is 11.3. The molecule has 28 heavy (non-hydrogen) atoms. The molecule has 2 aliphatic heterocycles. The molecule has 3 rings (SSSR count). The molecule has 0 saturated carbocycles. The van der Waals surface area contributed by atoms with E-state index in [4.69, 9.17) is 10.00 Å². The van der Waals surface area contributed by atoms with Crippen LogP contribution in [0.2, 0.25) is 0 Å². The van der Waals surface area contributed by atoms with E-state index in [1.165, 1.54) is 17.9 Å². The van der Waals surface area contributed by atoms with Crippen LogP contribution in [0.15, 0.2) is 18.2 Å². The number of cyclic esters (lactones) is 1. The molecule has 1 unspecified atom stereocenters. The fourth-order valence-corrected chi connectivity index (χ4v) is 3.44. The quantitative estimate of drug-likeness (QED) is 0.790. The molecule has 1 N–H and O–H groups in total. The van der Waals surface area contributed by atoms with Gasteiger partial charge in [0.15, 0.2) is 0 Å². The molecule has 150 valence electrons. The van der Waals surface area contributed by atoms with Crippen molar-refractivity contribution in [2.75, 3.05) is 55.6 Å². The van der Waals surface area contributed by atoms with Gasteiger partial charge in [-0.3, -0.25) is 14.6 Å². The summed E-state index contributed by atoms with van der Waals surface area (Å²) in [5.41, 5.74) is 0.940. The maximum Gasteiger partial charge on any atom is 0.414 e. The van der Waals surface area contributed by atoms with E-state index >= 15 is 0 Å². The van der Waals surface area contributed by atoms with Gasteiger partial charge in [-0.2, -0.15) is 5.26 Å². The highest BCUT2D eigenvalue weighted by molar-refractivity contribution is 5.90. The fraction of sp³-hybridized carbons (Fsp3) is 0.526. The van der Waals surface area contributed by atoms with Crippen LogP contribution in [0.3, 0.4) is 0 Å². The predicted molar refractivity (Wildman–Crippen MR) is 102 cm³/mol. The number of hydrogen-bond acceptors (Lipinski definition) is 6. The number of nitriles is 1. The number of benzene rings is 1. The van der Waals surface area contributed by atoms with Gasteiger partial charge in [-0.1, -0.05) is 0 Å². The Morgan fingerprint density at radius 1 is 1.36 bits per heavy atom. The summed E-state index contributed by atoms with van der Waals surface area (Å²) in [6, 6.07) is 6.88. The van der Waals surface area contributed by atoms with Crippen LogP contribution in [0.25, 0.3) is 0 Å². The SMILES string of the molecule is CC(=O)NCC1CN(c2ccc(N3CCN(CCC#N)CC3)c(F)c2)C(=O)O1. The van der Waals surface area contributed by atoms with Crippen molar-refractivity contribution in [2.24, 2.45) is 0 Å². The summed E-state index contributed by atoms with van der Waals surface area (Å²) in [7, 11) is 0. The maximum atomic E-state index is 14.7. The molecule has 0 aliphatic carbocycles. The van der Waals surface area contributed by atoms with Crippen molar-refractivity contribution in [3.8, 4) is 6.07 Å². The average Bonchev–Trinajstić information content (AvgIpc) is 3.06. The third-order valence-corrected chi connectivity index (χ3v) is 4.95. The van der Waals surface area contributed by atoms with Gasteiger partial charge in [0.1, 0.15) is 11.9 Å². The third-order valence-electron chi connectivity index (χ3n) is 4.95. The molecule has 2 aliphatic rings. The van der Waals surface area contributed by atoms with Gasteiger partial charge in [0.2, 0.25) is 5.91 Å². The Hall–Kier alpha value is -2.86. The number of anilines is 2. The maximum absolute atomic E-state index is 14.7. The number of nitrogens with zero attached hydrogens (tertiary/aromatic N) is 4. The van der Waals surface area contributed by atoms with E-state index < -0.39 is 12.2 Å². The van der Waals surface area contributed by atoms with Crippen LogP contribution in [0.1, 0.15) is 13.3 Å². The smallest absolute Gasteiger partial charge is 0.414 e. The van der Waals surface area contributed by atoms with Crippen LogP contribution in [0.4, 0.5) is 20.6 Å². The molecule has 0 bridgehead atoms. The number of rotatable bonds is 6. The van der Waals surface area contributed by atoms with E-state index in [1.807, 2.05) is 4.90 Å². The molecule has 1 atom stereocenters. The van der Waals surface area contributed by atoms with E-state index in [1.54, 1.807) is 12.1 Å². The van der Waals surface area contributed by atoms with E-state index in [0.717, 1.165) is 19.6 Å². The number of nitrogens with one attached hydrogen (secondary N) is 1. The summed E-state index contributed by atoms with van der Waals surface area (Å²) in [6.07, 6.45) is -0.507. The van der Waals surface area contributed by atoms with Crippen molar-refractivity contribution in [1.82, 2.24) is 10.2 Å². The Morgan fingerprint density at radius 2 is 2.11 bits per heavy atom. The first kappa shape index (κ1) is 19.9. The summed E-state index contributed by atoms with van der Waals surface area (Å²) in [6.45, 7) is 5.56. The van der Waals surface area contributed by atoms with Crippen molar-refractivity contribution >= 4 is 23.4 Å². The van der Waals surface area contributed by atoms with Crippen molar-refractivity contribution in [3.05, 3.63) is 24.0 Å². The number of halogens is 1. The molecule has 2 amide bonds. The van der Waals surface area contributed by atoms with Gasteiger partial charge in [-0.15, -0.1) is 0 Å². The van der Waals surface area contributed by atoms with Crippen LogP contribution in [0.5, 0.6) is 0 Å². The first-order valence-corrected chi connectivity index (χ1v) is 9.34. The molecule has 0 spiro atoms. The van der Waals surface area contributed by atoms with Gasteiger partial charge in [-0.25, -0.2) is 9.18 Å². The Morgan fingerprint density at radius 3 is 2.75 bits per heavy atom. The van der Waals surface area contributed by atoms with Gasteiger partial charge < -0.3 is 15.0 Å². The minimum Gasteiger partial charge on any atom is -0.442 e. The number of carbonyl (C=O) groups is 2. The van der Waals surface area contributed by atoms with Crippen molar-refractivity contribution in [2.45, 2.75) is 19.4 Å². The lowest BCUT2D eigenvalue weighted by molar-refractivity contribution is -0.119. The second kappa shape index (κ2) is 8.89. The van der Waals surface area contributed by atoms with Crippen LogP contribution < -0.4 is 15.1 Å². The molecule has 0 aromatic heterocycles. The van der Waals surface area contributed by atoms with Crippen LogP contribution >= 0.6 is 0 Å². The van der Waals surface area contributed by atoms with E-state index in [-0.39, 0.29) is 24.8 Å². The monoisotopic (exact) mass is 389 g/mol. The van der Waals surface area contributed by atoms with Crippen molar-refractivity contribution < 1.29 is 18.7 Å². The van der Waals surface area contributed by atoms with Crippen LogP contribution in [-0.2, 0) is 9.53 Å². The minimum atomic E-state index is -0.548. The van der Waals surface area contributed by atoms with Crippen LogP contribution in [-0.4, -0.2) is 68.8 Å². The van der Waals surface area contributed by atoms with E-state index in [2.05, 4.69) is 16.3 Å². The highest BCUT2D eigenvalue weighted by atomic mass is 19.1. The molecule has 8 nitrogen and oxygen atoms in total. The number of piperazine rings is 1. The summed E-state index contributed by atoms with van der Waals surface area (Å²) in [4.78, 5) is 28.6.